The van der Waals surface area contributed by atoms with Crippen LogP contribution >= 0.6 is 22.6 Å². The molecule has 0 spiro atoms. The maximum atomic E-state index is 10.8. The van der Waals surface area contributed by atoms with Crippen LogP contribution in [0.5, 0.6) is 0 Å². The van der Waals surface area contributed by atoms with Crippen molar-refractivity contribution in [2.45, 2.75) is 60.9 Å². The van der Waals surface area contributed by atoms with E-state index >= 15 is 0 Å². The first kappa shape index (κ1) is 11.3. The van der Waals surface area contributed by atoms with Crippen molar-refractivity contribution in [3.05, 3.63) is 0 Å². The number of rotatable bonds is 3. The Morgan fingerprint density at radius 2 is 2.12 bits per heavy atom. The van der Waals surface area contributed by atoms with E-state index in [0.717, 1.165) is 25.2 Å². The number of hydrogen-bond donors (Lipinski definition) is 0. The SMILES string of the molecule is CCC12CC3CC(I)(C1)CC(OC=O)(C3)C2. The fourth-order valence-corrected chi connectivity index (χ4v) is 7.18. The topological polar surface area (TPSA) is 26.3 Å². The maximum Gasteiger partial charge on any atom is 0.293 e. The lowest BCUT2D eigenvalue weighted by Crippen LogP contribution is -2.61. The molecule has 3 heteroatoms. The van der Waals surface area contributed by atoms with Gasteiger partial charge in [-0.1, -0.05) is 35.9 Å². The molecule has 4 unspecified atom stereocenters. The molecule has 0 aromatic rings. The molecule has 0 saturated heterocycles. The van der Waals surface area contributed by atoms with Gasteiger partial charge < -0.3 is 4.74 Å². The first-order chi connectivity index (χ1) is 7.53. The van der Waals surface area contributed by atoms with E-state index in [9.17, 15) is 4.79 Å². The van der Waals surface area contributed by atoms with Crippen molar-refractivity contribution in [3.63, 3.8) is 0 Å². The standard InChI is InChI=1S/C13H19IO2/c1-2-11-3-10-4-12(14,6-11)8-13(5-10,7-11)16-9-15/h9-10H,2-8H2,1H3. The largest absolute Gasteiger partial charge is 0.461 e. The second-order valence-electron chi connectivity index (χ2n) is 6.41. The average molecular weight is 334 g/mol. The monoisotopic (exact) mass is 334 g/mol. The Morgan fingerprint density at radius 3 is 2.75 bits per heavy atom. The molecular formula is C13H19IO2. The Labute approximate surface area is 111 Å². The number of hydrogen-bond acceptors (Lipinski definition) is 2. The number of halogens is 1. The van der Waals surface area contributed by atoms with Crippen LogP contribution in [0.1, 0.15) is 51.9 Å². The third-order valence-electron chi connectivity index (χ3n) is 5.11. The van der Waals surface area contributed by atoms with Crippen LogP contribution in [0.4, 0.5) is 0 Å². The Morgan fingerprint density at radius 1 is 1.31 bits per heavy atom. The van der Waals surface area contributed by atoms with E-state index < -0.39 is 0 Å². The van der Waals surface area contributed by atoms with Gasteiger partial charge in [-0.15, -0.1) is 0 Å². The van der Waals surface area contributed by atoms with E-state index in [1.807, 2.05) is 0 Å². The minimum Gasteiger partial charge on any atom is -0.461 e. The molecule has 0 aliphatic heterocycles. The Hall–Kier alpha value is 0.200. The molecule has 4 saturated carbocycles. The number of carbonyl (C=O) groups excluding carboxylic acids is 1. The van der Waals surface area contributed by atoms with E-state index in [4.69, 9.17) is 4.74 Å². The predicted molar refractivity (Wildman–Crippen MR) is 70.5 cm³/mol. The first-order valence-electron chi connectivity index (χ1n) is 6.33. The van der Waals surface area contributed by atoms with Gasteiger partial charge in [-0.05, 0) is 43.4 Å². The van der Waals surface area contributed by atoms with E-state index in [1.165, 1.54) is 25.7 Å². The number of carbonyl (C=O) groups is 1. The third-order valence-corrected chi connectivity index (χ3v) is 6.32. The summed E-state index contributed by atoms with van der Waals surface area (Å²) in [5.41, 5.74) is 0.377. The minimum atomic E-state index is -0.0988. The summed E-state index contributed by atoms with van der Waals surface area (Å²) in [4.78, 5) is 10.8. The van der Waals surface area contributed by atoms with E-state index in [-0.39, 0.29) is 5.60 Å². The lowest BCUT2D eigenvalue weighted by Gasteiger charge is -2.64. The molecule has 0 aromatic heterocycles. The third kappa shape index (κ3) is 1.53. The Kier molecular flexibility index (Phi) is 2.37. The molecular weight excluding hydrogens is 315 g/mol. The van der Waals surface area contributed by atoms with Gasteiger partial charge in [-0.2, -0.15) is 0 Å². The summed E-state index contributed by atoms with van der Waals surface area (Å²) < 4.78 is 5.96. The van der Waals surface area contributed by atoms with Crippen LogP contribution < -0.4 is 0 Å². The zero-order chi connectivity index (χ0) is 11.4. The highest BCUT2D eigenvalue weighted by Gasteiger charge is 2.63. The summed E-state index contributed by atoms with van der Waals surface area (Å²) in [7, 11) is 0. The van der Waals surface area contributed by atoms with Crippen LogP contribution in [-0.4, -0.2) is 15.5 Å². The van der Waals surface area contributed by atoms with Crippen LogP contribution in [0, 0.1) is 11.3 Å². The van der Waals surface area contributed by atoms with Gasteiger partial charge in [0.05, 0.1) is 0 Å². The van der Waals surface area contributed by atoms with Crippen molar-refractivity contribution in [1.29, 1.82) is 0 Å². The van der Waals surface area contributed by atoms with Crippen molar-refractivity contribution in [3.8, 4) is 0 Å². The van der Waals surface area contributed by atoms with Gasteiger partial charge in [-0.25, -0.2) is 0 Å². The molecule has 90 valence electrons. The van der Waals surface area contributed by atoms with Crippen LogP contribution in [0.2, 0.25) is 0 Å². The molecule has 4 bridgehead atoms. The van der Waals surface area contributed by atoms with Gasteiger partial charge in [-0.3, -0.25) is 4.79 Å². The molecule has 4 rings (SSSR count). The number of ether oxygens (including phenoxy) is 1. The van der Waals surface area contributed by atoms with Crippen molar-refractivity contribution in [1.82, 2.24) is 0 Å². The molecule has 4 fully saturated rings. The summed E-state index contributed by atoms with van der Waals surface area (Å²) in [6.45, 7) is 3.00. The summed E-state index contributed by atoms with van der Waals surface area (Å²) in [6.07, 6.45) is 8.65. The molecule has 0 amide bonds. The molecule has 0 N–H and O–H groups in total. The fourth-order valence-electron chi connectivity index (χ4n) is 5.05. The van der Waals surface area contributed by atoms with Crippen molar-refractivity contribution < 1.29 is 9.53 Å². The van der Waals surface area contributed by atoms with Gasteiger partial charge in [0.25, 0.3) is 6.47 Å². The highest BCUT2D eigenvalue weighted by atomic mass is 127. The summed E-state index contributed by atoms with van der Waals surface area (Å²) in [5.74, 6) is 0.799. The molecule has 0 heterocycles. The van der Waals surface area contributed by atoms with E-state index in [2.05, 4.69) is 29.5 Å². The molecule has 2 nitrogen and oxygen atoms in total. The molecule has 4 aliphatic rings. The smallest absolute Gasteiger partial charge is 0.293 e. The lowest BCUT2D eigenvalue weighted by atomic mass is 9.47. The van der Waals surface area contributed by atoms with Crippen LogP contribution in [0.25, 0.3) is 0 Å². The normalized spacial score (nSPS) is 54.0. The van der Waals surface area contributed by atoms with Crippen LogP contribution in [0.3, 0.4) is 0 Å². The quantitative estimate of drug-likeness (QED) is 0.449. The summed E-state index contributed by atoms with van der Waals surface area (Å²) >= 11 is 2.65. The van der Waals surface area contributed by atoms with Gasteiger partial charge in [0.1, 0.15) is 5.60 Å². The van der Waals surface area contributed by atoms with Crippen LogP contribution in [0.15, 0.2) is 0 Å². The van der Waals surface area contributed by atoms with E-state index in [0.29, 0.717) is 15.3 Å². The molecule has 0 aromatic carbocycles. The second-order valence-corrected chi connectivity index (χ2v) is 8.70. The number of alkyl halides is 1. The minimum absolute atomic E-state index is 0.0988. The highest BCUT2D eigenvalue weighted by molar-refractivity contribution is 14.1. The van der Waals surface area contributed by atoms with Gasteiger partial charge >= 0.3 is 0 Å². The lowest BCUT2D eigenvalue weighted by molar-refractivity contribution is -0.183. The average Bonchev–Trinajstić information content (AvgIpc) is 2.13. The van der Waals surface area contributed by atoms with Gasteiger partial charge in [0.2, 0.25) is 0 Å². The maximum absolute atomic E-state index is 10.8. The zero-order valence-electron chi connectivity index (χ0n) is 9.80. The van der Waals surface area contributed by atoms with Crippen molar-refractivity contribution in [2.24, 2.45) is 11.3 Å². The molecule has 0 radical (unpaired) electrons. The van der Waals surface area contributed by atoms with Gasteiger partial charge in [0.15, 0.2) is 0 Å². The van der Waals surface area contributed by atoms with E-state index in [1.54, 1.807) is 0 Å². The Balaban J connectivity index is 1.97. The second kappa shape index (κ2) is 3.36. The highest BCUT2D eigenvalue weighted by Crippen LogP contribution is 2.67. The van der Waals surface area contributed by atoms with Crippen molar-refractivity contribution >= 4 is 29.1 Å². The Bertz CT molecular complexity index is 332. The summed E-state index contributed by atoms with van der Waals surface area (Å²) in [6, 6.07) is 0. The molecule has 16 heavy (non-hydrogen) atoms. The fraction of sp³-hybridized carbons (Fsp3) is 0.923. The first-order valence-corrected chi connectivity index (χ1v) is 7.41. The predicted octanol–water partition coefficient (Wildman–Crippen LogP) is 3.47. The molecule has 4 atom stereocenters. The summed E-state index contributed by atoms with van der Waals surface area (Å²) in [5, 5.41) is 0. The zero-order valence-corrected chi connectivity index (χ0v) is 12.0. The van der Waals surface area contributed by atoms with Gasteiger partial charge in [0, 0.05) is 9.84 Å². The van der Waals surface area contributed by atoms with Crippen LogP contribution in [-0.2, 0) is 9.53 Å². The van der Waals surface area contributed by atoms with Crippen molar-refractivity contribution in [2.75, 3.05) is 0 Å². The molecule has 4 aliphatic carbocycles.